The predicted octanol–water partition coefficient (Wildman–Crippen LogP) is 2.44. The molecule has 0 atom stereocenters. The molecule has 0 unspecified atom stereocenters. The molecule has 0 aliphatic rings. The van der Waals surface area contributed by atoms with Gasteiger partial charge in [-0.3, -0.25) is 9.59 Å². The summed E-state index contributed by atoms with van der Waals surface area (Å²) < 4.78 is 5.32. The largest absolute Gasteiger partial charge is 0.494 e. The van der Waals surface area contributed by atoms with Gasteiger partial charge in [-0.2, -0.15) is 0 Å². The van der Waals surface area contributed by atoms with Crippen LogP contribution in [-0.2, 0) is 11.3 Å². The lowest BCUT2D eigenvalue weighted by Crippen LogP contribution is -2.36. The Morgan fingerprint density at radius 2 is 1.62 bits per heavy atom. The van der Waals surface area contributed by atoms with Crippen LogP contribution in [0, 0.1) is 6.92 Å². The highest BCUT2D eigenvalue weighted by Crippen LogP contribution is 2.11. The van der Waals surface area contributed by atoms with Crippen molar-refractivity contribution in [3.63, 3.8) is 0 Å². The van der Waals surface area contributed by atoms with Gasteiger partial charge in [0, 0.05) is 12.1 Å². The van der Waals surface area contributed by atoms with Gasteiger partial charge < -0.3 is 15.4 Å². The van der Waals surface area contributed by atoms with E-state index in [1.54, 1.807) is 24.3 Å². The molecule has 2 N–H and O–H groups in total. The van der Waals surface area contributed by atoms with Gasteiger partial charge in [-0.1, -0.05) is 29.8 Å². The highest BCUT2D eigenvalue weighted by Gasteiger charge is 2.08. The first kappa shape index (κ1) is 17.5. The van der Waals surface area contributed by atoms with Crippen molar-refractivity contribution in [1.29, 1.82) is 0 Å². The average molecular weight is 326 g/mol. The van der Waals surface area contributed by atoms with E-state index in [0.29, 0.717) is 24.5 Å². The van der Waals surface area contributed by atoms with Crippen LogP contribution in [0.2, 0.25) is 0 Å². The maximum absolute atomic E-state index is 12.0. The lowest BCUT2D eigenvalue weighted by Gasteiger charge is -2.08. The number of hydrogen-bond acceptors (Lipinski definition) is 3. The Morgan fingerprint density at radius 1 is 0.958 bits per heavy atom. The summed E-state index contributed by atoms with van der Waals surface area (Å²) in [6.45, 7) is 4.87. The molecule has 5 heteroatoms. The Kier molecular flexibility index (Phi) is 6.37. The predicted molar refractivity (Wildman–Crippen MR) is 93.0 cm³/mol. The fourth-order valence-electron chi connectivity index (χ4n) is 2.10. The summed E-state index contributed by atoms with van der Waals surface area (Å²) in [5.74, 6) is 0.197. The fourth-order valence-corrected chi connectivity index (χ4v) is 2.10. The van der Waals surface area contributed by atoms with Crippen molar-refractivity contribution in [3.05, 3.63) is 65.2 Å². The van der Waals surface area contributed by atoms with Gasteiger partial charge in [0.1, 0.15) is 5.75 Å². The molecule has 2 rings (SSSR count). The molecule has 2 amide bonds. The Labute approximate surface area is 142 Å². The number of aryl methyl sites for hydroxylation is 1. The summed E-state index contributed by atoms with van der Waals surface area (Å²) in [4.78, 5) is 23.8. The first-order chi connectivity index (χ1) is 11.6. The van der Waals surface area contributed by atoms with Gasteiger partial charge in [0.2, 0.25) is 5.91 Å². The van der Waals surface area contributed by atoms with Crippen molar-refractivity contribution in [3.8, 4) is 5.75 Å². The van der Waals surface area contributed by atoms with Gasteiger partial charge in [-0.05, 0) is 43.7 Å². The molecule has 0 saturated heterocycles. The number of benzene rings is 2. The summed E-state index contributed by atoms with van der Waals surface area (Å²) in [6, 6.07) is 14.7. The van der Waals surface area contributed by atoms with E-state index in [1.165, 1.54) is 5.56 Å². The minimum atomic E-state index is -0.288. The van der Waals surface area contributed by atoms with Gasteiger partial charge in [0.05, 0.1) is 13.2 Å². The van der Waals surface area contributed by atoms with Gasteiger partial charge >= 0.3 is 0 Å². The van der Waals surface area contributed by atoms with Crippen LogP contribution in [0.4, 0.5) is 0 Å². The first-order valence-electron chi connectivity index (χ1n) is 7.92. The smallest absolute Gasteiger partial charge is 0.251 e. The maximum Gasteiger partial charge on any atom is 0.251 e. The molecule has 0 radical (unpaired) electrons. The minimum Gasteiger partial charge on any atom is -0.494 e. The number of amides is 2. The highest BCUT2D eigenvalue weighted by atomic mass is 16.5. The van der Waals surface area contributed by atoms with E-state index in [0.717, 1.165) is 5.56 Å². The van der Waals surface area contributed by atoms with Crippen LogP contribution in [-0.4, -0.2) is 25.0 Å². The van der Waals surface area contributed by atoms with Crippen LogP contribution < -0.4 is 15.4 Å². The third kappa shape index (κ3) is 5.43. The van der Waals surface area contributed by atoms with E-state index in [-0.39, 0.29) is 18.4 Å². The van der Waals surface area contributed by atoms with Crippen LogP contribution in [0.1, 0.15) is 28.4 Å². The second kappa shape index (κ2) is 8.72. The fraction of sp³-hybridized carbons (Fsp3) is 0.263. The topological polar surface area (TPSA) is 67.4 Å². The summed E-state index contributed by atoms with van der Waals surface area (Å²) >= 11 is 0. The molecular formula is C19H22N2O3. The van der Waals surface area contributed by atoms with Crippen molar-refractivity contribution in [2.24, 2.45) is 0 Å². The number of rotatable bonds is 7. The molecule has 126 valence electrons. The molecule has 2 aromatic rings. The third-order valence-corrected chi connectivity index (χ3v) is 3.45. The van der Waals surface area contributed by atoms with E-state index in [1.807, 2.05) is 38.1 Å². The zero-order valence-electron chi connectivity index (χ0n) is 14.0. The van der Waals surface area contributed by atoms with Crippen molar-refractivity contribution in [2.75, 3.05) is 13.2 Å². The van der Waals surface area contributed by atoms with E-state index >= 15 is 0 Å². The molecule has 0 spiro atoms. The monoisotopic (exact) mass is 326 g/mol. The van der Waals surface area contributed by atoms with E-state index in [2.05, 4.69) is 10.6 Å². The minimum absolute atomic E-state index is 0.0576. The van der Waals surface area contributed by atoms with E-state index < -0.39 is 0 Å². The summed E-state index contributed by atoms with van der Waals surface area (Å²) in [7, 11) is 0. The number of nitrogens with one attached hydrogen (secondary N) is 2. The van der Waals surface area contributed by atoms with Gasteiger partial charge in [0.15, 0.2) is 0 Å². The van der Waals surface area contributed by atoms with Crippen LogP contribution in [0.25, 0.3) is 0 Å². The Hall–Kier alpha value is -2.82. The third-order valence-electron chi connectivity index (χ3n) is 3.45. The molecule has 5 nitrogen and oxygen atoms in total. The molecule has 0 fully saturated rings. The van der Waals surface area contributed by atoms with Crippen LogP contribution in [0.5, 0.6) is 5.75 Å². The van der Waals surface area contributed by atoms with E-state index in [9.17, 15) is 9.59 Å². The lowest BCUT2D eigenvalue weighted by atomic mass is 10.1. The summed E-state index contributed by atoms with van der Waals surface area (Å²) in [5.41, 5.74) is 2.68. The number of ether oxygens (including phenoxy) is 1. The molecule has 2 aromatic carbocycles. The molecule has 0 aromatic heterocycles. The summed E-state index contributed by atoms with van der Waals surface area (Å²) in [6.07, 6.45) is 0. The molecule has 24 heavy (non-hydrogen) atoms. The molecule has 0 aliphatic carbocycles. The van der Waals surface area contributed by atoms with Crippen LogP contribution in [0.15, 0.2) is 48.5 Å². The molecule has 0 heterocycles. The zero-order valence-corrected chi connectivity index (χ0v) is 14.0. The van der Waals surface area contributed by atoms with Gasteiger partial charge in [-0.15, -0.1) is 0 Å². The Bertz CT molecular complexity index is 679. The van der Waals surface area contributed by atoms with Crippen LogP contribution >= 0.6 is 0 Å². The lowest BCUT2D eigenvalue weighted by molar-refractivity contribution is -0.120. The number of carbonyl (C=O) groups excluding carboxylic acids is 2. The first-order valence-corrected chi connectivity index (χ1v) is 7.92. The normalized spacial score (nSPS) is 10.1. The molecule has 0 aliphatic heterocycles. The van der Waals surface area contributed by atoms with Gasteiger partial charge in [0.25, 0.3) is 5.91 Å². The quantitative estimate of drug-likeness (QED) is 0.821. The SMILES string of the molecule is CCOc1ccc(C(=O)NCC(=O)NCc2ccc(C)cc2)cc1. The second-order valence-corrected chi connectivity index (χ2v) is 5.40. The van der Waals surface area contributed by atoms with Crippen molar-refractivity contribution in [2.45, 2.75) is 20.4 Å². The zero-order chi connectivity index (χ0) is 17.4. The second-order valence-electron chi connectivity index (χ2n) is 5.40. The van der Waals surface area contributed by atoms with Crippen molar-refractivity contribution >= 4 is 11.8 Å². The summed E-state index contributed by atoms with van der Waals surface area (Å²) in [5, 5.41) is 5.38. The number of carbonyl (C=O) groups is 2. The standard InChI is InChI=1S/C19H22N2O3/c1-3-24-17-10-8-16(9-11-17)19(23)21-13-18(22)20-12-15-6-4-14(2)5-7-15/h4-11H,3,12-13H2,1-2H3,(H,20,22)(H,21,23). The molecule has 0 saturated carbocycles. The molecular weight excluding hydrogens is 304 g/mol. The highest BCUT2D eigenvalue weighted by molar-refractivity contribution is 5.96. The Balaban J connectivity index is 1.76. The van der Waals surface area contributed by atoms with Crippen molar-refractivity contribution < 1.29 is 14.3 Å². The van der Waals surface area contributed by atoms with Crippen LogP contribution in [0.3, 0.4) is 0 Å². The maximum atomic E-state index is 12.0. The Morgan fingerprint density at radius 3 is 2.25 bits per heavy atom. The van der Waals surface area contributed by atoms with Crippen molar-refractivity contribution in [1.82, 2.24) is 10.6 Å². The molecule has 0 bridgehead atoms. The van der Waals surface area contributed by atoms with E-state index in [4.69, 9.17) is 4.74 Å². The number of hydrogen-bond donors (Lipinski definition) is 2. The van der Waals surface area contributed by atoms with Gasteiger partial charge in [-0.25, -0.2) is 0 Å². The average Bonchev–Trinajstić information content (AvgIpc) is 2.60.